The Morgan fingerprint density at radius 3 is 2.25 bits per heavy atom. The topological polar surface area (TPSA) is 55.4 Å². The van der Waals surface area contributed by atoms with E-state index < -0.39 is 6.10 Å². The van der Waals surface area contributed by atoms with Crippen LogP contribution in [-0.4, -0.2) is 17.8 Å². The van der Waals surface area contributed by atoms with Crippen molar-refractivity contribution in [2.24, 2.45) is 0 Å². The minimum atomic E-state index is -0.639. The van der Waals surface area contributed by atoms with Crippen molar-refractivity contribution in [3.05, 3.63) is 94.0 Å². The number of amides is 1. The molecule has 0 saturated carbocycles. The summed E-state index contributed by atoms with van der Waals surface area (Å²) in [7, 11) is 0. The molecule has 0 aromatic heterocycles. The Hall–Kier alpha value is -2.92. The molecule has 0 fully saturated rings. The van der Waals surface area contributed by atoms with Crippen molar-refractivity contribution in [1.29, 1.82) is 0 Å². The second-order valence-corrected chi connectivity index (χ2v) is 7.39. The summed E-state index contributed by atoms with van der Waals surface area (Å²) in [4.78, 5) is 24.9. The summed E-state index contributed by atoms with van der Waals surface area (Å²) in [6, 6.07) is 21.5. The molecule has 0 heterocycles. The average molecular weight is 438 g/mol. The van der Waals surface area contributed by atoms with Gasteiger partial charge in [-0.3, -0.25) is 9.59 Å². The molecule has 0 bridgehead atoms. The first-order chi connectivity index (χ1) is 13.4. The van der Waals surface area contributed by atoms with Crippen molar-refractivity contribution in [1.82, 2.24) is 0 Å². The zero-order chi connectivity index (χ0) is 20.1. The maximum atomic E-state index is 12.5. The maximum Gasteiger partial charge on any atom is 0.255 e. The fourth-order valence-corrected chi connectivity index (χ4v) is 2.93. The molecule has 142 valence electrons. The predicted molar refractivity (Wildman–Crippen MR) is 114 cm³/mol. The van der Waals surface area contributed by atoms with Crippen molar-refractivity contribution >= 4 is 33.3 Å². The van der Waals surface area contributed by atoms with Gasteiger partial charge in [-0.15, -0.1) is 0 Å². The second kappa shape index (κ2) is 8.85. The van der Waals surface area contributed by atoms with Gasteiger partial charge in [0, 0.05) is 27.4 Å². The highest BCUT2D eigenvalue weighted by Crippen LogP contribution is 2.21. The van der Waals surface area contributed by atoms with Gasteiger partial charge >= 0.3 is 0 Å². The van der Waals surface area contributed by atoms with Crippen LogP contribution in [0.1, 0.15) is 33.2 Å². The third-order valence-corrected chi connectivity index (χ3v) is 4.75. The third kappa shape index (κ3) is 5.08. The molecule has 0 aliphatic heterocycles. The average Bonchev–Trinajstić information content (AvgIpc) is 2.68. The number of Topliss-reactive ketones (excluding diaryl/α,β-unsaturated/α-hetero) is 1. The van der Waals surface area contributed by atoms with Crippen LogP contribution in [-0.2, 0) is 0 Å². The van der Waals surface area contributed by atoms with Crippen LogP contribution in [0.3, 0.4) is 0 Å². The summed E-state index contributed by atoms with van der Waals surface area (Å²) >= 11 is 3.35. The SMILES string of the molecule is Cc1ccc(C(=O)C(C)Oc2cccc(NC(=O)c3ccc(Br)cc3)c2)cc1. The first kappa shape index (κ1) is 19.8. The van der Waals surface area contributed by atoms with Gasteiger partial charge in [-0.05, 0) is 50.2 Å². The molecule has 1 unspecified atom stereocenters. The number of halogens is 1. The molecule has 1 N–H and O–H groups in total. The highest BCUT2D eigenvalue weighted by atomic mass is 79.9. The zero-order valence-corrected chi connectivity index (χ0v) is 17.2. The largest absolute Gasteiger partial charge is 0.482 e. The fourth-order valence-electron chi connectivity index (χ4n) is 2.66. The van der Waals surface area contributed by atoms with E-state index in [1.54, 1.807) is 55.5 Å². The van der Waals surface area contributed by atoms with Crippen molar-refractivity contribution in [2.45, 2.75) is 20.0 Å². The number of carbonyl (C=O) groups is 2. The summed E-state index contributed by atoms with van der Waals surface area (Å²) in [5, 5.41) is 2.84. The Labute approximate surface area is 172 Å². The molecule has 0 saturated heterocycles. The number of aryl methyl sites for hydroxylation is 1. The first-order valence-electron chi connectivity index (χ1n) is 8.87. The maximum absolute atomic E-state index is 12.5. The van der Waals surface area contributed by atoms with Gasteiger partial charge in [0.25, 0.3) is 5.91 Å². The molecule has 28 heavy (non-hydrogen) atoms. The molecule has 3 aromatic carbocycles. The van der Waals surface area contributed by atoms with Crippen molar-refractivity contribution < 1.29 is 14.3 Å². The molecule has 1 atom stereocenters. The lowest BCUT2D eigenvalue weighted by molar-refractivity contribution is 0.0818. The molecule has 0 radical (unpaired) electrons. The van der Waals surface area contributed by atoms with E-state index in [1.807, 2.05) is 31.2 Å². The van der Waals surface area contributed by atoms with Crippen LogP contribution in [0.4, 0.5) is 5.69 Å². The summed E-state index contributed by atoms with van der Waals surface area (Å²) in [6.07, 6.45) is -0.639. The molecule has 0 spiro atoms. The molecule has 0 aliphatic rings. The third-order valence-electron chi connectivity index (χ3n) is 4.22. The number of hydrogen-bond acceptors (Lipinski definition) is 3. The minimum Gasteiger partial charge on any atom is -0.482 e. The standard InChI is InChI=1S/C23H20BrNO3/c1-15-6-8-17(9-7-15)22(26)16(2)28-21-5-3-4-20(14-21)25-23(27)18-10-12-19(24)13-11-18/h3-14,16H,1-2H3,(H,25,27). The Kier molecular flexibility index (Phi) is 6.26. The summed E-state index contributed by atoms with van der Waals surface area (Å²) < 4.78 is 6.71. The number of rotatable bonds is 6. The number of ether oxygens (including phenoxy) is 1. The van der Waals surface area contributed by atoms with Gasteiger partial charge in [0.1, 0.15) is 5.75 Å². The molecule has 3 rings (SSSR count). The van der Waals surface area contributed by atoms with Crippen LogP contribution < -0.4 is 10.1 Å². The van der Waals surface area contributed by atoms with Crippen molar-refractivity contribution in [3.8, 4) is 5.75 Å². The molecule has 3 aromatic rings. The van der Waals surface area contributed by atoms with E-state index in [0.717, 1.165) is 10.0 Å². The van der Waals surface area contributed by atoms with Gasteiger partial charge in [0.05, 0.1) is 0 Å². The van der Waals surface area contributed by atoms with Gasteiger partial charge < -0.3 is 10.1 Å². The van der Waals surface area contributed by atoms with Gasteiger partial charge in [0.2, 0.25) is 5.78 Å². The lowest BCUT2D eigenvalue weighted by Crippen LogP contribution is -2.24. The molecular weight excluding hydrogens is 418 g/mol. The number of carbonyl (C=O) groups excluding carboxylic acids is 2. The monoisotopic (exact) mass is 437 g/mol. The minimum absolute atomic E-state index is 0.0932. The number of benzene rings is 3. The number of ketones is 1. The Balaban J connectivity index is 1.67. The highest BCUT2D eigenvalue weighted by Gasteiger charge is 2.17. The molecule has 1 amide bonds. The molecular formula is C23H20BrNO3. The van der Waals surface area contributed by atoms with Crippen molar-refractivity contribution in [2.75, 3.05) is 5.32 Å². The zero-order valence-electron chi connectivity index (χ0n) is 15.6. The first-order valence-corrected chi connectivity index (χ1v) is 9.66. The van der Waals surface area contributed by atoms with Crippen molar-refractivity contribution in [3.63, 3.8) is 0 Å². The fraction of sp³-hybridized carbons (Fsp3) is 0.130. The van der Waals surface area contributed by atoms with E-state index >= 15 is 0 Å². The molecule has 4 nitrogen and oxygen atoms in total. The van der Waals surface area contributed by atoms with Crippen LogP contribution in [0, 0.1) is 6.92 Å². The van der Waals surface area contributed by atoms with E-state index in [4.69, 9.17) is 4.74 Å². The van der Waals surface area contributed by atoms with E-state index in [0.29, 0.717) is 22.6 Å². The van der Waals surface area contributed by atoms with Crippen LogP contribution >= 0.6 is 15.9 Å². The van der Waals surface area contributed by atoms with Gasteiger partial charge in [-0.1, -0.05) is 51.8 Å². The van der Waals surface area contributed by atoms with Gasteiger partial charge in [-0.25, -0.2) is 0 Å². The highest BCUT2D eigenvalue weighted by molar-refractivity contribution is 9.10. The van der Waals surface area contributed by atoms with E-state index in [1.165, 1.54) is 0 Å². The van der Waals surface area contributed by atoms with E-state index in [2.05, 4.69) is 21.2 Å². The summed E-state index contributed by atoms with van der Waals surface area (Å²) in [5.74, 6) is 0.208. The quantitative estimate of drug-likeness (QED) is 0.506. The lowest BCUT2D eigenvalue weighted by atomic mass is 10.1. The predicted octanol–water partition coefficient (Wildman–Crippen LogP) is 5.66. The van der Waals surface area contributed by atoms with Gasteiger partial charge in [-0.2, -0.15) is 0 Å². The normalized spacial score (nSPS) is 11.5. The Bertz CT molecular complexity index is 981. The summed E-state index contributed by atoms with van der Waals surface area (Å²) in [6.45, 7) is 3.69. The molecule has 5 heteroatoms. The van der Waals surface area contributed by atoms with E-state index in [-0.39, 0.29) is 11.7 Å². The Morgan fingerprint density at radius 1 is 0.929 bits per heavy atom. The number of anilines is 1. The second-order valence-electron chi connectivity index (χ2n) is 6.48. The smallest absolute Gasteiger partial charge is 0.255 e. The Morgan fingerprint density at radius 2 is 1.57 bits per heavy atom. The van der Waals surface area contributed by atoms with Crippen LogP contribution in [0.25, 0.3) is 0 Å². The number of hydrogen-bond donors (Lipinski definition) is 1. The van der Waals surface area contributed by atoms with Crippen LogP contribution in [0.2, 0.25) is 0 Å². The lowest BCUT2D eigenvalue weighted by Gasteiger charge is -2.15. The van der Waals surface area contributed by atoms with Gasteiger partial charge in [0.15, 0.2) is 6.10 Å². The summed E-state index contributed by atoms with van der Waals surface area (Å²) in [5.41, 5.74) is 2.86. The molecule has 0 aliphatic carbocycles. The number of nitrogens with one attached hydrogen (secondary N) is 1. The van der Waals surface area contributed by atoms with E-state index in [9.17, 15) is 9.59 Å². The van der Waals surface area contributed by atoms with Crippen LogP contribution in [0.5, 0.6) is 5.75 Å². The van der Waals surface area contributed by atoms with Crippen LogP contribution in [0.15, 0.2) is 77.3 Å².